The minimum atomic E-state index is 0.642. The van der Waals surface area contributed by atoms with Crippen LogP contribution in [0.1, 0.15) is 29.0 Å². The molecule has 0 fully saturated rings. The molecule has 2 aromatic rings. The van der Waals surface area contributed by atoms with Crippen molar-refractivity contribution >= 4 is 11.3 Å². The maximum absolute atomic E-state index is 8.23. The summed E-state index contributed by atoms with van der Waals surface area (Å²) in [5.41, 5.74) is 2.45. The molecule has 1 N–H and O–H groups in total. The van der Waals surface area contributed by atoms with Gasteiger partial charge >= 0.3 is 0 Å². The Balaban J connectivity index is 1.97. The van der Waals surface area contributed by atoms with Crippen molar-refractivity contribution in [3.63, 3.8) is 0 Å². The Morgan fingerprint density at radius 3 is 2.43 bits per heavy atom. The minimum Gasteiger partial charge on any atom is -0.497 e. The number of thiazole rings is 1. The molecule has 0 amide bonds. The van der Waals surface area contributed by atoms with E-state index in [9.17, 15) is 0 Å². The maximum Gasteiger partial charge on any atom is 0.182 e. The Morgan fingerprint density at radius 2 is 1.76 bits per heavy atom. The zero-order valence-electron chi connectivity index (χ0n) is 12.4. The van der Waals surface area contributed by atoms with Crippen LogP contribution in [0.25, 0.3) is 0 Å². The minimum absolute atomic E-state index is 0.642. The molecule has 0 bridgehead atoms. The third-order valence-corrected chi connectivity index (χ3v) is 5.03. The predicted octanol–water partition coefficient (Wildman–Crippen LogP) is 2.97. The Morgan fingerprint density at radius 1 is 1.10 bits per heavy atom. The Bertz CT molecular complexity index is 681. The summed E-state index contributed by atoms with van der Waals surface area (Å²) in [7, 11) is 3.32. The monoisotopic (exact) mass is 304 g/mol. The number of hydrogen-bond donors (Lipinski definition) is 1. The van der Waals surface area contributed by atoms with Crippen LogP contribution >= 0.6 is 11.3 Å². The summed E-state index contributed by atoms with van der Waals surface area (Å²) in [5.74, 6) is 1.58. The van der Waals surface area contributed by atoms with Crippen molar-refractivity contribution in [3.8, 4) is 11.5 Å². The first-order valence-corrected chi connectivity index (χ1v) is 8.01. The molecule has 0 saturated heterocycles. The standard InChI is InChI=1S/C16H20N2O2S/c1-19-12-7-11(8-13(9-12)20-2)10-18-14-5-3-4-6-15(14)21-16(18)17/h7-9,17H,3-6,10H2,1-2H3. The van der Waals surface area contributed by atoms with E-state index in [1.807, 2.05) is 18.2 Å². The summed E-state index contributed by atoms with van der Waals surface area (Å²) in [6.07, 6.45) is 4.69. The van der Waals surface area contributed by atoms with Gasteiger partial charge in [0.25, 0.3) is 0 Å². The molecule has 3 rings (SSSR count). The van der Waals surface area contributed by atoms with Crippen LogP contribution in [0.4, 0.5) is 0 Å². The molecule has 0 unspecified atom stereocenters. The summed E-state index contributed by atoms with van der Waals surface area (Å²) >= 11 is 1.62. The molecule has 0 aliphatic heterocycles. The number of nitrogens with zero attached hydrogens (tertiary/aromatic N) is 1. The average Bonchev–Trinajstić information content (AvgIpc) is 2.83. The predicted molar refractivity (Wildman–Crippen MR) is 83.5 cm³/mol. The second-order valence-electron chi connectivity index (χ2n) is 5.29. The van der Waals surface area contributed by atoms with E-state index >= 15 is 0 Å². The van der Waals surface area contributed by atoms with Crippen LogP contribution in [0.5, 0.6) is 11.5 Å². The van der Waals surface area contributed by atoms with Gasteiger partial charge in [0.05, 0.1) is 20.8 Å². The van der Waals surface area contributed by atoms with Gasteiger partial charge in [0, 0.05) is 16.6 Å². The Hall–Kier alpha value is -1.75. The van der Waals surface area contributed by atoms with Crippen molar-refractivity contribution in [2.24, 2.45) is 0 Å². The Kier molecular flexibility index (Phi) is 4.01. The summed E-state index contributed by atoms with van der Waals surface area (Å²) < 4.78 is 12.8. The number of aryl methyl sites for hydroxylation is 1. The highest BCUT2D eigenvalue weighted by Gasteiger charge is 2.17. The first-order valence-electron chi connectivity index (χ1n) is 7.19. The quantitative estimate of drug-likeness (QED) is 0.944. The molecule has 0 radical (unpaired) electrons. The molecular formula is C16H20N2O2S. The lowest BCUT2D eigenvalue weighted by molar-refractivity contribution is 0.393. The van der Waals surface area contributed by atoms with Gasteiger partial charge in [-0.1, -0.05) is 0 Å². The van der Waals surface area contributed by atoms with Crippen molar-refractivity contribution in [2.45, 2.75) is 32.2 Å². The molecule has 0 atom stereocenters. The van der Waals surface area contributed by atoms with Crippen LogP contribution in [-0.2, 0) is 19.4 Å². The summed E-state index contributed by atoms with van der Waals surface area (Å²) in [4.78, 5) is 2.03. The zero-order valence-corrected chi connectivity index (χ0v) is 13.3. The molecule has 1 heterocycles. The molecule has 21 heavy (non-hydrogen) atoms. The van der Waals surface area contributed by atoms with Gasteiger partial charge in [-0.15, -0.1) is 11.3 Å². The lowest BCUT2D eigenvalue weighted by Crippen LogP contribution is -2.18. The van der Waals surface area contributed by atoms with Gasteiger partial charge in [-0.05, 0) is 43.4 Å². The molecular weight excluding hydrogens is 284 g/mol. The van der Waals surface area contributed by atoms with Gasteiger partial charge in [-0.25, -0.2) is 0 Å². The molecule has 1 aromatic carbocycles. The van der Waals surface area contributed by atoms with Crippen LogP contribution in [-0.4, -0.2) is 18.8 Å². The highest BCUT2D eigenvalue weighted by Crippen LogP contribution is 2.26. The third-order valence-electron chi connectivity index (χ3n) is 3.93. The van der Waals surface area contributed by atoms with Gasteiger partial charge in [0.2, 0.25) is 0 Å². The number of aromatic nitrogens is 1. The van der Waals surface area contributed by atoms with Crippen LogP contribution in [0, 0.1) is 5.41 Å². The van der Waals surface area contributed by atoms with E-state index in [1.165, 1.54) is 23.4 Å². The van der Waals surface area contributed by atoms with E-state index in [1.54, 1.807) is 25.6 Å². The van der Waals surface area contributed by atoms with E-state index in [2.05, 4.69) is 4.57 Å². The van der Waals surface area contributed by atoms with E-state index in [4.69, 9.17) is 14.9 Å². The fraction of sp³-hybridized carbons (Fsp3) is 0.438. The molecule has 1 aromatic heterocycles. The van der Waals surface area contributed by atoms with E-state index < -0.39 is 0 Å². The highest BCUT2D eigenvalue weighted by atomic mass is 32.1. The molecule has 4 nitrogen and oxygen atoms in total. The van der Waals surface area contributed by atoms with Crippen molar-refractivity contribution in [1.29, 1.82) is 5.41 Å². The van der Waals surface area contributed by atoms with Crippen molar-refractivity contribution in [1.82, 2.24) is 4.57 Å². The number of benzene rings is 1. The first kappa shape index (κ1) is 14.2. The molecule has 0 spiro atoms. The van der Waals surface area contributed by atoms with E-state index in [0.29, 0.717) is 11.3 Å². The van der Waals surface area contributed by atoms with Gasteiger partial charge in [0.1, 0.15) is 11.5 Å². The van der Waals surface area contributed by atoms with Crippen LogP contribution in [0.2, 0.25) is 0 Å². The zero-order chi connectivity index (χ0) is 14.8. The topological polar surface area (TPSA) is 47.2 Å². The number of nitrogens with one attached hydrogen (secondary N) is 1. The number of methoxy groups -OCH3 is 2. The SMILES string of the molecule is COc1cc(Cn2c3c(sc2=N)CCCC3)cc(OC)c1. The van der Waals surface area contributed by atoms with Gasteiger partial charge < -0.3 is 14.0 Å². The fourth-order valence-corrected chi connectivity index (χ4v) is 3.95. The first-order chi connectivity index (χ1) is 10.2. The maximum atomic E-state index is 8.23. The van der Waals surface area contributed by atoms with Gasteiger partial charge in [0.15, 0.2) is 4.80 Å². The number of hydrogen-bond acceptors (Lipinski definition) is 4. The van der Waals surface area contributed by atoms with Crippen LogP contribution in [0.15, 0.2) is 18.2 Å². The second kappa shape index (κ2) is 5.93. The third kappa shape index (κ3) is 2.83. The molecule has 0 saturated carbocycles. The summed E-state index contributed by atoms with van der Waals surface area (Å²) in [5, 5.41) is 8.23. The largest absolute Gasteiger partial charge is 0.497 e. The highest BCUT2D eigenvalue weighted by molar-refractivity contribution is 7.09. The van der Waals surface area contributed by atoms with Crippen LogP contribution in [0.3, 0.4) is 0 Å². The number of fused-ring (bicyclic) bond motifs is 1. The number of rotatable bonds is 4. The van der Waals surface area contributed by atoms with E-state index in [-0.39, 0.29) is 0 Å². The smallest absolute Gasteiger partial charge is 0.182 e. The van der Waals surface area contributed by atoms with Crippen molar-refractivity contribution in [3.05, 3.63) is 39.1 Å². The molecule has 1 aliphatic rings. The van der Waals surface area contributed by atoms with Gasteiger partial charge in [-0.2, -0.15) is 0 Å². The average molecular weight is 304 g/mol. The number of ether oxygens (including phenoxy) is 2. The lowest BCUT2D eigenvalue weighted by Gasteiger charge is -2.15. The second-order valence-corrected chi connectivity index (χ2v) is 6.37. The summed E-state index contributed by atoms with van der Waals surface area (Å²) in [6.45, 7) is 0.707. The normalized spacial score (nSPS) is 13.8. The van der Waals surface area contributed by atoms with Crippen LogP contribution < -0.4 is 14.3 Å². The van der Waals surface area contributed by atoms with Crippen molar-refractivity contribution in [2.75, 3.05) is 14.2 Å². The molecule has 5 heteroatoms. The molecule has 1 aliphatic carbocycles. The lowest BCUT2D eigenvalue weighted by atomic mass is 10.0. The Labute approximate surface area is 128 Å². The molecule has 112 valence electrons. The van der Waals surface area contributed by atoms with E-state index in [0.717, 1.165) is 29.9 Å². The summed E-state index contributed by atoms with van der Waals surface area (Å²) in [6, 6.07) is 5.91. The van der Waals surface area contributed by atoms with Crippen molar-refractivity contribution < 1.29 is 9.47 Å². The van der Waals surface area contributed by atoms with Gasteiger partial charge in [-0.3, -0.25) is 5.41 Å². The fourth-order valence-electron chi connectivity index (χ4n) is 2.86.